The molecule has 0 heterocycles. The summed E-state index contributed by atoms with van der Waals surface area (Å²) in [5.41, 5.74) is 0.442. The molecule has 0 aliphatic carbocycles. The van der Waals surface area contributed by atoms with Crippen LogP contribution in [0, 0.1) is 5.92 Å². The average Bonchev–Trinajstić information content (AvgIpc) is 2.51. The number of carbonyl (C=O) groups is 1. The molecule has 0 saturated heterocycles. The van der Waals surface area contributed by atoms with Gasteiger partial charge in [0.2, 0.25) is 15.9 Å². The third kappa shape index (κ3) is 4.68. The number of anilines is 1. The van der Waals surface area contributed by atoms with Crippen molar-refractivity contribution in [2.24, 2.45) is 5.92 Å². The fraction of sp³-hybridized carbons (Fsp3) is 0.562. The second-order valence-electron chi connectivity index (χ2n) is 5.24. The summed E-state index contributed by atoms with van der Waals surface area (Å²) >= 11 is 6.07. The van der Waals surface area contributed by atoms with Crippen molar-refractivity contribution in [1.82, 2.24) is 4.31 Å². The molecule has 0 spiro atoms. The van der Waals surface area contributed by atoms with Crippen molar-refractivity contribution >= 4 is 33.2 Å². The van der Waals surface area contributed by atoms with Crippen molar-refractivity contribution in [3.8, 4) is 0 Å². The summed E-state index contributed by atoms with van der Waals surface area (Å²) in [7, 11) is -3.67. The van der Waals surface area contributed by atoms with Crippen LogP contribution in [0.3, 0.4) is 0 Å². The Morgan fingerprint density at radius 3 is 2.22 bits per heavy atom. The first-order valence-corrected chi connectivity index (χ1v) is 9.74. The van der Waals surface area contributed by atoms with Crippen LogP contribution >= 0.6 is 11.6 Å². The molecule has 0 aliphatic rings. The van der Waals surface area contributed by atoms with Crippen molar-refractivity contribution in [1.29, 1.82) is 0 Å². The lowest BCUT2D eigenvalue weighted by Gasteiger charge is -2.20. The highest BCUT2D eigenvalue weighted by Gasteiger charge is 2.25. The number of benzene rings is 1. The molecule has 130 valence electrons. The Morgan fingerprint density at radius 2 is 1.74 bits per heavy atom. The van der Waals surface area contributed by atoms with Gasteiger partial charge < -0.3 is 5.32 Å². The van der Waals surface area contributed by atoms with Crippen LogP contribution in [0.1, 0.15) is 40.5 Å². The molecule has 1 amide bonds. The Hall–Kier alpha value is -1.11. The first-order valence-electron chi connectivity index (χ1n) is 7.92. The van der Waals surface area contributed by atoms with E-state index in [1.165, 1.54) is 16.4 Å². The number of hydrogen-bond donors (Lipinski definition) is 1. The zero-order valence-electron chi connectivity index (χ0n) is 14.1. The molecule has 1 rings (SSSR count). The van der Waals surface area contributed by atoms with Crippen LogP contribution in [-0.2, 0) is 14.8 Å². The lowest BCUT2D eigenvalue weighted by Crippen LogP contribution is -2.31. The number of nitrogens with zero attached hydrogens (tertiary/aromatic N) is 1. The van der Waals surface area contributed by atoms with Crippen LogP contribution in [0.5, 0.6) is 0 Å². The number of hydrogen-bond acceptors (Lipinski definition) is 3. The topological polar surface area (TPSA) is 66.5 Å². The Labute approximate surface area is 144 Å². The van der Waals surface area contributed by atoms with E-state index in [1.807, 2.05) is 13.8 Å². The molecule has 0 saturated carbocycles. The Bertz CT molecular complexity index is 639. The van der Waals surface area contributed by atoms with E-state index in [9.17, 15) is 13.2 Å². The summed E-state index contributed by atoms with van der Waals surface area (Å²) in [5, 5.41) is 2.93. The van der Waals surface area contributed by atoms with Gasteiger partial charge in [-0.1, -0.05) is 39.3 Å². The van der Waals surface area contributed by atoms with Crippen molar-refractivity contribution in [2.45, 2.75) is 45.4 Å². The van der Waals surface area contributed by atoms with Gasteiger partial charge >= 0.3 is 0 Å². The number of carbonyl (C=O) groups excluding carboxylic acids is 1. The number of rotatable bonds is 8. The van der Waals surface area contributed by atoms with E-state index < -0.39 is 10.0 Å². The average molecular weight is 361 g/mol. The highest BCUT2D eigenvalue weighted by atomic mass is 35.5. The van der Waals surface area contributed by atoms with E-state index in [0.29, 0.717) is 18.8 Å². The lowest BCUT2D eigenvalue weighted by molar-refractivity contribution is -0.120. The van der Waals surface area contributed by atoms with Gasteiger partial charge in [-0.2, -0.15) is 4.31 Å². The van der Waals surface area contributed by atoms with E-state index in [0.717, 1.165) is 12.8 Å². The van der Waals surface area contributed by atoms with Crippen molar-refractivity contribution in [3.05, 3.63) is 23.2 Å². The smallest absolute Gasteiger partial charge is 0.244 e. The van der Waals surface area contributed by atoms with Crippen LogP contribution in [-0.4, -0.2) is 31.7 Å². The van der Waals surface area contributed by atoms with Gasteiger partial charge in [-0.05, 0) is 31.0 Å². The summed E-state index contributed by atoms with van der Waals surface area (Å²) in [5.74, 6) is -0.197. The van der Waals surface area contributed by atoms with Crippen LogP contribution in [0.25, 0.3) is 0 Å². The maximum absolute atomic E-state index is 12.6. The van der Waals surface area contributed by atoms with E-state index in [2.05, 4.69) is 5.32 Å². The Balaban J connectivity index is 3.16. The monoisotopic (exact) mass is 360 g/mol. The van der Waals surface area contributed by atoms with Gasteiger partial charge in [-0.15, -0.1) is 0 Å². The van der Waals surface area contributed by atoms with Gasteiger partial charge in [0.05, 0.1) is 5.02 Å². The number of sulfonamides is 1. The normalized spacial score (nSPS) is 12.0. The summed E-state index contributed by atoms with van der Waals surface area (Å²) in [6.45, 7) is 8.16. The molecule has 1 N–H and O–H groups in total. The number of halogens is 1. The zero-order valence-corrected chi connectivity index (χ0v) is 15.7. The molecule has 23 heavy (non-hydrogen) atoms. The Kier molecular flexibility index (Phi) is 7.51. The minimum atomic E-state index is -3.67. The molecule has 5 nitrogen and oxygen atoms in total. The predicted molar refractivity (Wildman–Crippen MR) is 94.3 cm³/mol. The summed E-state index contributed by atoms with van der Waals surface area (Å²) < 4.78 is 26.6. The van der Waals surface area contributed by atoms with Crippen molar-refractivity contribution < 1.29 is 13.2 Å². The third-order valence-electron chi connectivity index (χ3n) is 3.88. The highest BCUT2D eigenvalue weighted by molar-refractivity contribution is 7.89. The molecule has 1 aromatic carbocycles. The van der Waals surface area contributed by atoms with Gasteiger partial charge in [-0.3, -0.25) is 4.79 Å². The highest BCUT2D eigenvalue weighted by Crippen LogP contribution is 2.28. The van der Waals surface area contributed by atoms with Gasteiger partial charge in [0.25, 0.3) is 0 Å². The molecule has 0 aliphatic heterocycles. The fourth-order valence-corrected chi connectivity index (χ4v) is 4.34. The van der Waals surface area contributed by atoms with Crippen LogP contribution in [0.4, 0.5) is 5.69 Å². The second-order valence-corrected chi connectivity index (χ2v) is 7.55. The summed E-state index contributed by atoms with van der Waals surface area (Å²) in [6.07, 6.45) is 1.47. The van der Waals surface area contributed by atoms with E-state index in [4.69, 9.17) is 11.6 Å². The van der Waals surface area contributed by atoms with Gasteiger partial charge in [0.15, 0.2) is 0 Å². The SMILES string of the molecule is CCC(CC)C(=O)Nc1ccc(Cl)c(S(=O)(=O)N(CC)CC)c1. The van der Waals surface area contributed by atoms with Crippen molar-refractivity contribution in [2.75, 3.05) is 18.4 Å². The van der Waals surface area contributed by atoms with Gasteiger partial charge in [0, 0.05) is 24.7 Å². The molecular formula is C16H25ClN2O3S. The Morgan fingerprint density at radius 1 is 1.17 bits per heavy atom. The first kappa shape index (κ1) is 19.9. The zero-order chi connectivity index (χ0) is 17.6. The fourth-order valence-electron chi connectivity index (χ4n) is 2.39. The molecule has 7 heteroatoms. The molecular weight excluding hydrogens is 336 g/mol. The summed E-state index contributed by atoms with van der Waals surface area (Å²) in [4.78, 5) is 12.2. The van der Waals surface area contributed by atoms with Crippen LogP contribution in [0.2, 0.25) is 5.02 Å². The first-order chi connectivity index (χ1) is 10.8. The maximum Gasteiger partial charge on any atom is 0.244 e. The molecule has 0 fully saturated rings. The van der Waals surface area contributed by atoms with Gasteiger partial charge in [0.1, 0.15) is 4.90 Å². The number of amides is 1. The number of nitrogens with one attached hydrogen (secondary N) is 1. The van der Waals surface area contributed by atoms with Crippen LogP contribution in [0.15, 0.2) is 23.1 Å². The predicted octanol–water partition coefficient (Wildman–Crippen LogP) is 3.75. The second kappa shape index (κ2) is 8.66. The molecule has 0 radical (unpaired) electrons. The largest absolute Gasteiger partial charge is 0.326 e. The van der Waals surface area contributed by atoms with Crippen molar-refractivity contribution in [3.63, 3.8) is 0 Å². The summed E-state index contributed by atoms with van der Waals surface area (Å²) in [6, 6.07) is 4.54. The van der Waals surface area contributed by atoms with Crippen LogP contribution < -0.4 is 5.32 Å². The standard InChI is InChI=1S/C16H25ClN2O3S/c1-5-12(6-2)16(20)18-13-9-10-14(17)15(11-13)23(21,22)19(7-3)8-4/h9-12H,5-8H2,1-4H3,(H,18,20). The van der Waals surface area contributed by atoms with E-state index >= 15 is 0 Å². The minimum absolute atomic E-state index is 0.0187. The molecule has 0 aromatic heterocycles. The lowest BCUT2D eigenvalue weighted by atomic mass is 10.0. The molecule has 1 aromatic rings. The molecule has 0 unspecified atom stereocenters. The van der Waals surface area contributed by atoms with Gasteiger partial charge in [-0.25, -0.2) is 8.42 Å². The third-order valence-corrected chi connectivity index (χ3v) is 6.41. The minimum Gasteiger partial charge on any atom is -0.326 e. The molecule has 0 bridgehead atoms. The molecule has 0 atom stereocenters. The quantitative estimate of drug-likeness (QED) is 0.767. The maximum atomic E-state index is 12.6. The van der Waals surface area contributed by atoms with E-state index in [1.54, 1.807) is 19.9 Å². The van der Waals surface area contributed by atoms with E-state index in [-0.39, 0.29) is 21.7 Å².